The fraction of sp³-hybridized carbons (Fsp3) is 0.250. The summed E-state index contributed by atoms with van der Waals surface area (Å²) in [4.78, 5) is 59.7. The molecule has 2 aliphatic heterocycles. The lowest BCUT2D eigenvalue weighted by Crippen LogP contribution is -2.53. The van der Waals surface area contributed by atoms with E-state index in [1.807, 2.05) is 6.08 Å². The summed E-state index contributed by atoms with van der Waals surface area (Å²) in [5.74, 6) is -6.15. The minimum absolute atomic E-state index is 0.0855. The monoisotopic (exact) mass is 739 g/mol. The highest BCUT2D eigenvalue weighted by atomic mass is 35.5. The highest BCUT2D eigenvalue weighted by Crippen LogP contribution is 2.64. The lowest BCUT2D eigenvalue weighted by Gasteiger charge is -2.50. The van der Waals surface area contributed by atoms with Crippen molar-refractivity contribution in [2.24, 2.45) is 23.7 Å². The summed E-state index contributed by atoms with van der Waals surface area (Å²) in [6.45, 7) is 2.04. The number of nitrogens with one attached hydrogen (secondary N) is 1. The van der Waals surface area contributed by atoms with Gasteiger partial charge in [0.15, 0.2) is 11.5 Å². The molecule has 0 spiro atoms. The summed E-state index contributed by atoms with van der Waals surface area (Å²) in [6.07, 6.45) is 2.27. The predicted molar refractivity (Wildman–Crippen MR) is 192 cm³/mol. The second-order valence-electron chi connectivity index (χ2n) is 13.5. The number of carbonyl (C=O) groups is 4. The number of hydrazine groups is 1. The number of fused-ring (bicyclic) bond motifs is 4. The van der Waals surface area contributed by atoms with Crippen molar-refractivity contribution in [3.8, 4) is 11.5 Å². The molecule has 0 bridgehead atoms. The number of phenols is 1. The van der Waals surface area contributed by atoms with E-state index in [-0.39, 0.29) is 42.8 Å². The van der Waals surface area contributed by atoms with E-state index < -0.39 is 52.6 Å². The Morgan fingerprint density at radius 3 is 2.21 bits per heavy atom. The Labute approximate surface area is 308 Å². The minimum atomic E-state index is -1.56. The molecule has 2 N–H and O–H groups in total. The van der Waals surface area contributed by atoms with E-state index in [1.165, 1.54) is 35.2 Å². The van der Waals surface area contributed by atoms with E-state index in [9.17, 15) is 23.9 Å². The maximum absolute atomic E-state index is 15.3. The molecular weight excluding hydrogens is 708 g/mol. The number of allylic oxidation sites excluding steroid dienone is 2. The Hall–Kier alpha value is -5.19. The number of hydrogen-bond acceptors (Lipinski definition) is 7. The molecule has 8 rings (SSSR count). The average molecular weight is 741 g/mol. The van der Waals surface area contributed by atoms with Crippen LogP contribution in [0.25, 0.3) is 0 Å². The Bertz CT molecular complexity index is 2160. The van der Waals surface area contributed by atoms with E-state index in [4.69, 9.17) is 27.9 Å². The predicted octanol–water partition coefficient (Wildman–Crippen LogP) is 7.43. The van der Waals surface area contributed by atoms with Crippen LogP contribution in [0.15, 0.2) is 103 Å². The lowest BCUT2D eigenvalue weighted by molar-refractivity contribution is -0.138. The van der Waals surface area contributed by atoms with E-state index in [1.54, 1.807) is 67.6 Å². The van der Waals surface area contributed by atoms with Crippen LogP contribution in [-0.2, 0) is 24.6 Å². The van der Waals surface area contributed by atoms with Gasteiger partial charge in [-0.3, -0.25) is 29.5 Å². The van der Waals surface area contributed by atoms with Crippen LogP contribution in [-0.4, -0.2) is 40.4 Å². The van der Waals surface area contributed by atoms with Crippen molar-refractivity contribution in [3.05, 3.63) is 130 Å². The maximum Gasteiger partial charge on any atom is 0.260 e. The fourth-order valence-electron chi connectivity index (χ4n) is 8.86. The molecular formula is C40H32Cl2FN3O6. The van der Waals surface area contributed by atoms with Gasteiger partial charge < -0.3 is 9.84 Å². The molecule has 4 aliphatic rings. The molecule has 9 nitrogen and oxygen atoms in total. The third kappa shape index (κ3) is 5.10. The van der Waals surface area contributed by atoms with Gasteiger partial charge in [-0.2, -0.15) is 5.01 Å². The number of benzene rings is 4. The largest absolute Gasteiger partial charge is 0.504 e. The van der Waals surface area contributed by atoms with Crippen molar-refractivity contribution in [1.82, 2.24) is 5.01 Å². The maximum atomic E-state index is 15.3. The number of rotatable bonds is 7. The summed E-state index contributed by atoms with van der Waals surface area (Å²) in [6, 6.07) is 23.4. The molecule has 4 amide bonds. The van der Waals surface area contributed by atoms with Crippen molar-refractivity contribution in [2.45, 2.75) is 31.1 Å². The highest BCUT2D eigenvalue weighted by molar-refractivity contribution is 6.31. The number of amides is 4. The summed E-state index contributed by atoms with van der Waals surface area (Å²) in [5, 5.41) is 12.6. The first kappa shape index (κ1) is 33.9. The van der Waals surface area contributed by atoms with Gasteiger partial charge in [-0.15, -0.1) is 0 Å². The van der Waals surface area contributed by atoms with E-state index in [2.05, 4.69) is 5.43 Å². The third-order valence-electron chi connectivity index (χ3n) is 11.0. The molecule has 12 heteroatoms. The zero-order valence-electron chi connectivity index (χ0n) is 27.8. The lowest BCUT2D eigenvalue weighted by atomic mass is 9.49. The van der Waals surface area contributed by atoms with E-state index in [0.29, 0.717) is 32.5 Å². The van der Waals surface area contributed by atoms with Gasteiger partial charge in [0.1, 0.15) is 5.82 Å². The van der Waals surface area contributed by atoms with Crippen LogP contribution in [0.5, 0.6) is 11.5 Å². The van der Waals surface area contributed by atoms with Crippen LogP contribution < -0.4 is 15.1 Å². The average Bonchev–Trinajstić information content (AvgIpc) is 3.51. The zero-order valence-corrected chi connectivity index (χ0v) is 29.3. The van der Waals surface area contributed by atoms with Crippen molar-refractivity contribution in [1.29, 1.82) is 0 Å². The SMILES string of the molecule is CCOc1cc([C@H]2C3=CC[C@@H]4C(=O)N(c5ccc(Cl)cc5)C(=O)[C@@H]4[C@@H]3C[C@H]3C(=O)N(Nc4ccc(F)cc4)C(=O)[C@@]23c2ccc(Cl)cc2)ccc1O. The van der Waals surface area contributed by atoms with Gasteiger partial charge in [-0.1, -0.05) is 53.1 Å². The molecule has 2 heterocycles. The Morgan fingerprint density at radius 2 is 1.54 bits per heavy atom. The summed E-state index contributed by atoms with van der Waals surface area (Å²) in [5.41, 5.74) is 3.94. The summed E-state index contributed by atoms with van der Waals surface area (Å²) in [7, 11) is 0. The molecule has 264 valence electrons. The smallest absolute Gasteiger partial charge is 0.260 e. The minimum Gasteiger partial charge on any atom is -0.504 e. The van der Waals surface area contributed by atoms with Crippen LogP contribution in [0.3, 0.4) is 0 Å². The summed E-state index contributed by atoms with van der Waals surface area (Å²) >= 11 is 12.5. The topological polar surface area (TPSA) is 116 Å². The number of halogens is 3. The normalized spacial score (nSPS) is 26.5. The molecule has 52 heavy (non-hydrogen) atoms. The van der Waals surface area contributed by atoms with Crippen LogP contribution >= 0.6 is 23.2 Å². The number of carbonyl (C=O) groups excluding carboxylic acids is 4. The third-order valence-corrected chi connectivity index (χ3v) is 11.5. The van der Waals surface area contributed by atoms with Crippen molar-refractivity contribution in [3.63, 3.8) is 0 Å². The van der Waals surface area contributed by atoms with Crippen molar-refractivity contribution in [2.75, 3.05) is 16.9 Å². The Balaban J connectivity index is 1.33. The van der Waals surface area contributed by atoms with Crippen LogP contribution in [0.2, 0.25) is 10.0 Å². The van der Waals surface area contributed by atoms with Gasteiger partial charge in [-0.05, 0) is 110 Å². The molecule has 3 fully saturated rings. The van der Waals surface area contributed by atoms with Crippen LogP contribution in [0.4, 0.5) is 15.8 Å². The number of nitrogens with zero attached hydrogens (tertiary/aromatic N) is 2. The van der Waals surface area contributed by atoms with Crippen LogP contribution in [0.1, 0.15) is 36.8 Å². The molecule has 0 unspecified atom stereocenters. The zero-order chi connectivity index (χ0) is 36.5. The molecule has 0 radical (unpaired) electrons. The molecule has 2 saturated heterocycles. The first-order valence-corrected chi connectivity index (χ1v) is 17.8. The van der Waals surface area contributed by atoms with Gasteiger partial charge in [0.2, 0.25) is 11.8 Å². The quantitative estimate of drug-likeness (QED) is 0.150. The van der Waals surface area contributed by atoms with E-state index >= 15 is 4.79 Å². The number of ether oxygens (including phenoxy) is 1. The Morgan fingerprint density at radius 1 is 0.865 bits per heavy atom. The standard InChI is InChI=1S/C40H32Cl2FN3O6/c1-2-52-33-19-21(3-18-32(33)47)35-28-16-17-29-34(38(50)45(36(29)48)27-14-8-24(42)9-15-27)30(28)20-31-37(49)46(44-26-12-10-25(43)11-13-26)39(51)40(31,35)22-4-6-23(41)7-5-22/h3-16,18-19,29-31,34-35,44,47H,2,17,20H2,1H3/t29-,30+,31-,34-,35-,40+/m0/s1. The second-order valence-corrected chi connectivity index (χ2v) is 14.4. The summed E-state index contributed by atoms with van der Waals surface area (Å²) < 4.78 is 19.7. The van der Waals surface area contributed by atoms with E-state index in [0.717, 1.165) is 10.6 Å². The number of anilines is 2. The van der Waals surface area contributed by atoms with Gasteiger partial charge >= 0.3 is 0 Å². The first-order chi connectivity index (χ1) is 25.0. The van der Waals surface area contributed by atoms with Gasteiger partial charge in [0.05, 0.1) is 41.2 Å². The first-order valence-electron chi connectivity index (χ1n) is 17.0. The highest BCUT2D eigenvalue weighted by Gasteiger charge is 2.70. The molecule has 4 aromatic carbocycles. The number of imide groups is 2. The second kappa shape index (κ2) is 12.8. The van der Waals surface area contributed by atoms with Gasteiger partial charge in [-0.25, -0.2) is 4.39 Å². The number of aromatic hydroxyl groups is 1. The van der Waals surface area contributed by atoms with Crippen molar-refractivity contribution < 1.29 is 33.4 Å². The van der Waals surface area contributed by atoms with Crippen molar-refractivity contribution >= 4 is 58.2 Å². The number of phenolic OH excluding ortho intramolecular Hbond substituents is 1. The fourth-order valence-corrected chi connectivity index (χ4v) is 9.11. The number of hydrogen-bond donors (Lipinski definition) is 2. The molecule has 1 saturated carbocycles. The Kier molecular flexibility index (Phi) is 8.34. The molecule has 6 atom stereocenters. The van der Waals surface area contributed by atoms with Crippen LogP contribution in [0, 0.1) is 29.5 Å². The van der Waals surface area contributed by atoms with Gasteiger partial charge in [0, 0.05) is 16.0 Å². The van der Waals surface area contributed by atoms with Gasteiger partial charge in [0.25, 0.3) is 11.8 Å². The molecule has 2 aliphatic carbocycles. The molecule has 4 aromatic rings. The molecule has 0 aromatic heterocycles.